The molecule has 1 heterocycles. The van der Waals surface area contributed by atoms with Gasteiger partial charge < -0.3 is 9.73 Å². The highest BCUT2D eigenvalue weighted by Gasteiger charge is 2.43. The Hall–Kier alpha value is -1.04. The highest BCUT2D eigenvalue weighted by atomic mass is 19.4. The second kappa shape index (κ2) is 6.81. The van der Waals surface area contributed by atoms with Gasteiger partial charge in [0.05, 0.1) is 11.6 Å². The van der Waals surface area contributed by atoms with Gasteiger partial charge in [0.2, 0.25) is 0 Å². The lowest BCUT2D eigenvalue weighted by atomic mass is 9.79. The molecule has 1 aliphatic rings. The van der Waals surface area contributed by atoms with E-state index in [9.17, 15) is 13.2 Å². The molecule has 0 aromatic carbocycles. The van der Waals surface area contributed by atoms with E-state index in [-0.39, 0.29) is 18.8 Å². The predicted octanol–water partition coefficient (Wildman–Crippen LogP) is 4.26. The van der Waals surface area contributed by atoms with E-state index >= 15 is 0 Å². The number of nitrogens with one attached hydrogen (secondary N) is 1. The van der Waals surface area contributed by atoms with E-state index in [1.807, 2.05) is 0 Å². The highest BCUT2D eigenvalue weighted by molar-refractivity contribution is 5.14. The van der Waals surface area contributed by atoms with Crippen molar-refractivity contribution in [2.75, 3.05) is 6.54 Å². The molecule has 0 bridgehead atoms. The lowest BCUT2D eigenvalue weighted by Crippen LogP contribution is -2.28. The molecule has 3 nitrogen and oxygen atoms in total. The van der Waals surface area contributed by atoms with Crippen LogP contribution in [0.1, 0.15) is 56.9 Å². The summed E-state index contributed by atoms with van der Waals surface area (Å²) in [5.41, 5.74) is 0.753. The summed E-state index contributed by atoms with van der Waals surface area (Å²) in [6, 6.07) is 0. The zero-order valence-electron chi connectivity index (χ0n) is 12.5. The normalized spacial score (nSPS) is 23.7. The van der Waals surface area contributed by atoms with Crippen molar-refractivity contribution in [3.05, 3.63) is 17.8 Å². The third-order valence-electron chi connectivity index (χ3n) is 4.03. The molecule has 2 atom stereocenters. The van der Waals surface area contributed by atoms with Gasteiger partial charge in [0.1, 0.15) is 5.76 Å². The van der Waals surface area contributed by atoms with E-state index in [4.69, 9.17) is 4.42 Å². The molecule has 1 aromatic heterocycles. The Morgan fingerprint density at radius 1 is 1.38 bits per heavy atom. The molecule has 0 amide bonds. The van der Waals surface area contributed by atoms with Crippen molar-refractivity contribution >= 4 is 0 Å². The van der Waals surface area contributed by atoms with E-state index in [1.54, 1.807) is 0 Å². The molecular weight excluding hydrogens is 281 g/mol. The number of alkyl halides is 3. The van der Waals surface area contributed by atoms with E-state index in [1.165, 1.54) is 6.39 Å². The fourth-order valence-electron chi connectivity index (χ4n) is 2.95. The first-order valence-corrected chi connectivity index (χ1v) is 7.57. The summed E-state index contributed by atoms with van der Waals surface area (Å²) >= 11 is 0. The number of oxazole rings is 1. The first-order valence-electron chi connectivity index (χ1n) is 7.57. The first kappa shape index (κ1) is 16.3. The number of hydrogen-bond donors (Lipinski definition) is 1. The van der Waals surface area contributed by atoms with Crippen LogP contribution in [0, 0.1) is 11.8 Å². The third-order valence-corrected chi connectivity index (χ3v) is 4.03. The molecule has 0 aliphatic heterocycles. The summed E-state index contributed by atoms with van der Waals surface area (Å²) in [4.78, 5) is 4.17. The summed E-state index contributed by atoms with van der Waals surface area (Å²) in [6.45, 7) is 5.61. The number of aromatic nitrogens is 1. The van der Waals surface area contributed by atoms with Crippen LogP contribution in [0.15, 0.2) is 10.8 Å². The van der Waals surface area contributed by atoms with Crippen molar-refractivity contribution in [3.63, 3.8) is 0 Å². The largest absolute Gasteiger partial charge is 0.448 e. The molecule has 1 saturated carbocycles. The Morgan fingerprint density at radius 2 is 2.14 bits per heavy atom. The Morgan fingerprint density at radius 3 is 2.81 bits per heavy atom. The minimum absolute atomic E-state index is 0.121. The van der Waals surface area contributed by atoms with Crippen LogP contribution in [-0.2, 0) is 6.54 Å². The maximum atomic E-state index is 12.9. The standard InChI is InChI=1S/C15H23F3N2O/c1-10(2)7-19-8-13-14(21-9-20-13)11-4-3-5-12(6-11)15(16,17)18/h9-12,19H,3-8H2,1-2H3. The van der Waals surface area contributed by atoms with Gasteiger partial charge in [0.25, 0.3) is 0 Å². The molecule has 0 radical (unpaired) electrons. The maximum Gasteiger partial charge on any atom is 0.391 e. The molecule has 2 unspecified atom stereocenters. The van der Waals surface area contributed by atoms with Crippen LogP contribution in [0.5, 0.6) is 0 Å². The molecule has 0 spiro atoms. The van der Waals surface area contributed by atoms with Gasteiger partial charge in [-0.05, 0) is 31.7 Å². The quantitative estimate of drug-likeness (QED) is 0.883. The second-order valence-electron chi connectivity index (χ2n) is 6.29. The minimum atomic E-state index is -4.10. The summed E-state index contributed by atoms with van der Waals surface area (Å²) < 4.78 is 44.1. The zero-order valence-corrected chi connectivity index (χ0v) is 12.5. The number of hydrogen-bond acceptors (Lipinski definition) is 3. The Labute approximate surface area is 123 Å². The van der Waals surface area contributed by atoms with Gasteiger partial charge in [0.15, 0.2) is 6.39 Å². The van der Waals surface area contributed by atoms with E-state index in [0.29, 0.717) is 24.6 Å². The number of halogens is 3. The van der Waals surface area contributed by atoms with E-state index in [2.05, 4.69) is 24.1 Å². The molecule has 6 heteroatoms. The van der Waals surface area contributed by atoms with Crippen molar-refractivity contribution in [1.82, 2.24) is 10.3 Å². The van der Waals surface area contributed by atoms with Crippen LogP contribution in [0.25, 0.3) is 0 Å². The molecule has 1 fully saturated rings. The van der Waals surface area contributed by atoms with Crippen LogP contribution in [0.2, 0.25) is 0 Å². The molecule has 1 aromatic rings. The van der Waals surface area contributed by atoms with Gasteiger partial charge in [-0.25, -0.2) is 4.98 Å². The predicted molar refractivity (Wildman–Crippen MR) is 73.8 cm³/mol. The maximum absolute atomic E-state index is 12.9. The lowest BCUT2D eigenvalue weighted by molar-refractivity contribution is -0.183. The van der Waals surface area contributed by atoms with Gasteiger partial charge in [-0.2, -0.15) is 13.2 Å². The van der Waals surface area contributed by atoms with Crippen LogP contribution in [-0.4, -0.2) is 17.7 Å². The average molecular weight is 304 g/mol. The minimum Gasteiger partial charge on any atom is -0.448 e. The molecule has 120 valence electrons. The molecular formula is C15H23F3N2O. The third kappa shape index (κ3) is 4.46. The summed E-state index contributed by atoms with van der Waals surface area (Å²) in [7, 11) is 0. The van der Waals surface area contributed by atoms with Crippen LogP contribution < -0.4 is 5.32 Å². The van der Waals surface area contributed by atoms with Gasteiger partial charge in [-0.3, -0.25) is 0 Å². The molecule has 1 N–H and O–H groups in total. The van der Waals surface area contributed by atoms with Crippen molar-refractivity contribution in [2.45, 2.75) is 58.2 Å². The van der Waals surface area contributed by atoms with Crippen molar-refractivity contribution in [1.29, 1.82) is 0 Å². The number of rotatable bonds is 5. The zero-order chi connectivity index (χ0) is 15.5. The van der Waals surface area contributed by atoms with Gasteiger partial charge in [-0.15, -0.1) is 0 Å². The van der Waals surface area contributed by atoms with Crippen LogP contribution >= 0.6 is 0 Å². The average Bonchev–Trinajstić information content (AvgIpc) is 2.86. The Balaban J connectivity index is 1.99. The molecule has 0 saturated heterocycles. The monoisotopic (exact) mass is 304 g/mol. The van der Waals surface area contributed by atoms with E-state index in [0.717, 1.165) is 18.7 Å². The van der Waals surface area contributed by atoms with Gasteiger partial charge in [0, 0.05) is 12.5 Å². The Bertz CT molecular complexity index is 442. The highest BCUT2D eigenvalue weighted by Crippen LogP contribution is 2.44. The molecule has 21 heavy (non-hydrogen) atoms. The number of nitrogens with zero attached hydrogens (tertiary/aromatic N) is 1. The van der Waals surface area contributed by atoms with Gasteiger partial charge >= 0.3 is 6.18 Å². The van der Waals surface area contributed by atoms with E-state index < -0.39 is 12.1 Å². The lowest BCUT2D eigenvalue weighted by Gasteiger charge is -2.29. The summed E-state index contributed by atoms with van der Waals surface area (Å²) in [6.07, 6.45) is -1.06. The summed E-state index contributed by atoms with van der Waals surface area (Å²) in [5, 5.41) is 3.26. The van der Waals surface area contributed by atoms with Crippen LogP contribution in [0.3, 0.4) is 0 Å². The van der Waals surface area contributed by atoms with Crippen molar-refractivity contribution < 1.29 is 17.6 Å². The van der Waals surface area contributed by atoms with Gasteiger partial charge in [-0.1, -0.05) is 20.3 Å². The summed E-state index contributed by atoms with van der Waals surface area (Å²) in [5.74, 6) is -0.216. The first-order chi connectivity index (χ1) is 9.88. The second-order valence-corrected chi connectivity index (χ2v) is 6.29. The fourth-order valence-corrected chi connectivity index (χ4v) is 2.95. The molecule has 2 rings (SSSR count). The molecule has 1 aliphatic carbocycles. The Kier molecular flexibility index (Phi) is 5.30. The smallest absolute Gasteiger partial charge is 0.391 e. The topological polar surface area (TPSA) is 38.1 Å². The fraction of sp³-hybridized carbons (Fsp3) is 0.800. The SMILES string of the molecule is CC(C)CNCc1ncoc1C1CCCC(C(F)(F)F)C1. The van der Waals surface area contributed by atoms with Crippen molar-refractivity contribution in [2.24, 2.45) is 11.8 Å². The van der Waals surface area contributed by atoms with Crippen molar-refractivity contribution in [3.8, 4) is 0 Å². The van der Waals surface area contributed by atoms with Crippen LogP contribution in [0.4, 0.5) is 13.2 Å².